The van der Waals surface area contributed by atoms with Gasteiger partial charge in [-0.1, -0.05) is 6.07 Å². The quantitative estimate of drug-likeness (QED) is 0.724. The summed E-state index contributed by atoms with van der Waals surface area (Å²) >= 11 is 0. The zero-order valence-electron chi connectivity index (χ0n) is 8.29. The number of pyridine rings is 1. The molecule has 0 bridgehead atoms. The van der Waals surface area contributed by atoms with Gasteiger partial charge in [0.2, 0.25) is 0 Å². The Kier molecular flexibility index (Phi) is 2.33. The van der Waals surface area contributed by atoms with E-state index < -0.39 is 0 Å². The van der Waals surface area contributed by atoms with Crippen molar-refractivity contribution in [2.75, 3.05) is 6.54 Å². The fraction of sp³-hybridized carbons (Fsp3) is 0.455. The molecule has 0 spiro atoms. The van der Waals surface area contributed by atoms with Gasteiger partial charge in [-0.05, 0) is 18.6 Å². The molecule has 0 amide bonds. The van der Waals surface area contributed by atoms with Gasteiger partial charge in [-0.2, -0.15) is 0 Å². The Balaban J connectivity index is 2.27. The van der Waals surface area contributed by atoms with Gasteiger partial charge in [0.25, 0.3) is 0 Å². The Morgan fingerprint density at radius 2 is 2.43 bits per heavy atom. The Morgan fingerprint density at radius 1 is 1.57 bits per heavy atom. The number of piperidine rings is 1. The van der Waals surface area contributed by atoms with Crippen molar-refractivity contribution in [3.8, 4) is 0 Å². The van der Waals surface area contributed by atoms with E-state index in [0.29, 0.717) is 18.6 Å². The molecule has 1 saturated heterocycles. The largest absolute Gasteiger partial charge is 0.307 e. The smallest absolute Gasteiger partial charge is 0.136 e. The second-order valence-electron chi connectivity index (χ2n) is 3.97. The number of nitrogens with one attached hydrogen (secondary N) is 1. The van der Waals surface area contributed by atoms with Crippen LogP contribution in [0.1, 0.15) is 25.3 Å². The number of carbonyl (C=O) groups excluding carboxylic acids is 1. The lowest BCUT2D eigenvalue weighted by atomic mass is 9.84. The molecule has 74 valence electrons. The van der Waals surface area contributed by atoms with Crippen LogP contribution in [-0.2, 0) is 10.3 Å². The van der Waals surface area contributed by atoms with Gasteiger partial charge in [0.15, 0.2) is 0 Å². The first-order valence-corrected chi connectivity index (χ1v) is 4.88. The number of ketones is 1. The van der Waals surface area contributed by atoms with Crippen molar-refractivity contribution in [3.63, 3.8) is 0 Å². The van der Waals surface area contributed by atoms with Gasteiger partial charge in [-0.3, -0.25) is 9.78 Å². The van der Waals surface area contributed by atoms with E-state index in [1.165, 1.54) is 0 Å². The summed E-state index contributed by atoms with van der Waals surface area (Å²) in [5.41, 5.74) is 0.872. The summed E-state index contributed by atoms with van der Waals surface area (Å²) in [4.78, 5) is 15.5. The van der Waals surface area contributed by atoms with Crippen molar-refractivity contribution < 1.29 is 4.79 Å². The van der Waals surface area contributed by atoms with E-state index in [4.69, 9.17) is 0 Å². The Bertz CT molecular complexity index is 336. The number of aromatic nitrogens is 1. The van der Waals surface area contributed by atoms with Crippen LogP contribution in [0.4, 0.5) is 0 Å². The summed E-state index contributed by atoms with van der Waals surface area (Å²) in [6.45, 7) is 2.82. The van der Waals surface area contributed by atoms with Crippen LogP contribution in [0.2, 0.25) is 0 Å². The lowest BCUT2D eigenvalue weighted by Gasteiger charge is -2.34. The van der Waals surface area contributed by atoms with Crippen molar-refractivity contribution in [1.29, 1.82) is 0 Å². The maximum Gasteiger partial charge on any atom is 0.136 e. The SMILES string of the molecule is CC1(c2cccnc2)CC(=O)CCN1. The first-order chi connectivity index (χ1) is 6.71. The second kappa shape index (κ2) is 3.50. The van der Waals surface area contributed by atoms with E-state index in [-0.39, 0.29) is 5.54 Å². The summed E-state index contributed by atoms with van der Waals surface area (Å²) in [7, 11) is 0. The van der Waals surface area contributed by atoms with Crippen LogP contribution in [0.5, 0.6) is 0 Å². The third-order valence-corrected chi connectivity index (χ3v) is 2.77. The zero-order chi connectivity index (χ0) is 10.0. The fourth-order valence-corrected chi connectivity index (χ4v) is 1.92. The first-order valence-electron chi connectivity index (χ1n) is 4.88. The molecule has 1 unspecified atom stereocenters. The number of rotatable bonds is 1. The highest BCUT2D eigenvalue weighted by Gasteiger charge is 2.32. The highest BCUT2D eigenvalue weighted by Crippen LogP contribution is 2.27. The van der Waals surface area contributed by atoms with Gasteiger partial charge in [0.05, 0.1) is 0 Å². The molecule has 1 fully saturated rings. The van der Waals surface area contributed by atoms with Crippen LogP contribution in [0, 0.1) is 0 Å². The summed E-state index contributed by atoms with van der Waals surface area (Å²) in [5.74, 6) is 0.329. The molecular formula is C11H14N2O. The Hall–Kier alpha value is -1.22. The molecule has 1 atom stereocenters. The van der Waals surface area contributed by atoms with Crippen LogP contribution in [-0.4, -0.2) is 17.3 Å². The van der Waals surface area contributed by atoms with Gasteiger partial charge in [0, 0.05) is 37.3 Å². The third kappa shape index (κ3) is 1.68. The number of hydrogen-bond donors (Lipinski definition) is 1. The highest BCUT2D eigenvalue weighted by molar-refractivity contribution is 5.80. The molecule has 14 heavy (non-hydrogen) atoms. The monoisotopic (exact) mass is 190 g/mol. The van der Waals surface area contributed by atoms with Gasteiger partial charge >= 0.3 is 0 Å². The van der Waals surface area contributed by atoms with Crippen molar-refractivity contribution >= 4 is 5.78 Å². The average molecular weight is 190 g/mol. The maximum atomic E-state index is 11.4. The van der Waals surface area contributed by atoms with Crippen LogP contribution in [0.15, 0.2) is 24.5 Å². The molecule has 0 aliphatic carbocycles. The molecule has 3 nitrogen and oxygen atoms in total. The standard InChI is InChI=1S/C11H14N2O/c1-11(7-10(14)4-6-13-11)9-3-2-5-12-8-9/h2-3,5,8,13H,4,6-7H2,1H3. The van der Waals surface area contributed by atoms with Crippen LogP contribution in [0.3, 0.4) is 0 Å². The summed E-state index contributed by atoms with van der Waals surface area (Å²) in [6.07, 6.45) is 4.79. The van der Waals surface area contributed by atoms with Crippen molar-refractivity contribution in [2.24, 2.45) is 0 Å². The normalized spacial score (nSPS) is 27.6. The van der Waals surface area contributed by atoms with E-state index in [2.05, 4.69) is 17.2 Å². The predicted molar refractivity (Wildman–Crippen MR) is 53.8 cm³/mol. The van der Waals surface area contributed by atoms with Crippen molar-refractivity contribution in [3.05, 3.63) is 30.1 Å². The minimum Gasteiger partial charge on any atom is -0.307 e. The van der Waals surface area contributed by atoms with Crippen LogP contribution >= 0.6 is 0 Å². The lowest BCUT2D eigenvalue weighted by Crippen LogP contribution is -2.46. The van der Waals surface area contributed by atoms with E-state index in [1.54, 1.807) is 6.20 Å². The lowest BCUT2D eigenvalue weighted by molar-refractivity contribution is -0.122. The predicted octanol–water partition coefficient (Wildman–Crippen LogP) is 1.25. The van der Waals surface area contributed by atoms with Gasteiger partial charge in [-0.25, -0.2) is 0 Å². The third-order valence-electron chi connectivity index (χ3n) is 2.77. The Morgan fingerprint density at radius 3 is 3.07 bits per heavy atom. The maximum absolute atomic E-state index is 11.4. The average Bonchev–Trinajstić information content (AvgIpc) is 2.19. The molecule has 1 aromatic rings. The minimum absolute atomic E-state index is 0.219. The first kappa shape index (κ1) is 9.34. The molecule has 1 aliphatic heterocycles. The summed E-state index contributed by atoms with van der Waals surface area (Å²) < 4.78 is 0. The second-order valence-corrected chi connectivity index (χ2v) is 3.97. The fourth-order valence-electron chi connectivity index (χ4n) is 1.92. The number of Topliss-reactive ketones (excluding diaryl/α,β-unsaturated/α-hetero) is 1. The topological polar surface area (TPSA) is 42.0 Å². The molecule has 1 aliphatic rings. The van der Waals surface area contributed by atoms with E-state index in [1.807, 2.05) is 18.3 Å². The molecule has 0 saturated carbocycles. The highest BCUT2D eigenvalue weighted by atomic mass is 16.1. The molecule has 1 aromatic heterocycles. The molecule has 3 heteroatoms. The molecule has 2 heterocycles. The van der Waals surface area contributed by atoms with E-state index in [9.17, 15) is 4.79 Å². The van der Waals surface area contributed by atoms with E-state index in [0.717, 1.165) is 12.1 Å². The van der Waals surface area contributed by atoms with Gasteiger partial charge in [-0.15, -0.1) is 0 Å². The zero-order valence-corrected chi connectivity index (χ0v) is 8.29. The number of nitrogens with zero attached hydrogens (tertiary/aromatic N) is 1. The summed E-state index contributed by atoms with van der Waals surface area (Å²) in [5, 5.41) is 3.38. The van der Waals surface area contributed by atoms with Gasteiger partial charge < -0.3 is 5.32 Å². The molecule has 0 aromatic carbocycles. The number of carbonyl (C=O) groups is 1. The number of hydrogen-bond acceptors (Lipinski definition) is 3. The molecular weight excluding hydrogens is 176 g/mol. The molecule has 2 rings (SSSR count). The molecule has 0 radical (unpaired) electrons. The summed E-state index contributed by atoms with van der Waals surface area (Å²) in [6, 6.07) is 3.92. The van der Waals surface area contributed by atoms with Crippen LogP contribution in [0.25, 0.3) is 0 Å². The Labute approximate surface area is 83.5 Å². The van der Waals surface area contributed by atoms with Crippen molar-refractivity contribution in [2.45, 2.75) is 25.3 Å². The van der Waals surface area contributed by atoms with Gasteiger partial charge in [0.1, 0.15) is 5.78 Å². The van der Waals surface area contributed by atoms with Crippen LogP contribution < -0.4 is 5.32 Å². The van der Waals surface area contributed by atoms with Crippen molar-refractivity contribution in [1.82, 2.24) is 10.3 Å². The van der Waals surface area contributed by atoms with E-state index >= 15 is 0 Å². The minimum atomic E-state index is -0.219. The molecule has 1 N–H and O–H groups in total.